The third-order valence-electron chi connectivity index (χ3n) is 6.51. The average molecular weight is 460 g/mol. The molecule has 1 saturated heterocycles. The molecule has 2 atom stereocenters. The Morgan fingerprint density at radius 1 is 1.20 bits per heavy atom. The highest BCUT2D eigenvalue weighted by molar-refractivity contribution is 5.85. The molecule has 0 radical (unpaired) electrons. The van der Waals surface area contributed by atoms with Gasteiger partial charge in [-0.3, -0.25) is 4.79 Å². The van der Waals surface area contributed by atoms with E-state index in [0.717, 1.165) is 69.1 Å². The molecule has 2 fully saturated rings. The van der Waals surface area contributed by atoms with Crippen molar-refractivity contribution in [2.75, 3.05) is 31.1 Å². The molecule has 1 aromatic heterocycles. The van der Waals surface area contributed by atoms with Crippen molar-refractivity contribution in [1.82, 2.24) is 14.9 Å². The molecule has 1 amide bonds. The van der Waals surface area contributed by atoms with Crippen LogP contribution in [-0.4, -0.2) is 53.0 Å². The number of anilines is 1. The van der Waals surface area contributed by atoms with Gasteiger partial charge in [-0.1, -0.05) is 20.3 Å². The second-order valence-electron chi connectivity index (χ2n) is 8.76. The first-order valence-corrected chi connectivity index (χ1v) is 11.1. The van der Waals surface area contributed by atoms with Crippen LogP contribution < -0.4 is 10.6 Å². The van der Waals surface area contributed by atoms with Gasteiger partial charge in [0.15, 0.2) is 0 Å². The molecule has 2 heterocycles. The number of nitrogens with zero attached hydrogens (tertiary/aromatic N) is 4. The van der Waals surface area contributed by atoms with Gasteiger partial charge in [0.05, 0.1) is 0 Å². The van der Waals surface area contributed by atoms with E-state index in [4.69, 9.17) is 10.7 Å². The first-order chi connectivity index (χ1) is 13.4. The van der Waals surface area contributed by atoms with E-state index < -0.39 is 0 Å². The van der Waals surface area contributed by atoms with Crippen molar-refractivity contribution in [3.8, 4) is 0 Å². The van der Waals surface area contributed by atoms with Gasteiger partial charge in [-0.25, -0.2) is 9.97 Å². The van der Waals surface area contributed by atoms with E-state index in [9.17, 15) is 4.79 Å². The summed E-state index contributed by atoms with van der Waals surface area (Å²) in [6.45, 7) is 11.7. The number of halogens is 2. The molecule has 0 spiro atoms. The minimum atomic E-state index is 0. The third-order valence-corrected chi connectivity index (χ3v) is 6.51. The number of rotatable bonds is 6. The SMILES string of the molecule is CCN(C(=O)[C@@H]1CCC[C@@H]1CN)C1CCN(c2cc(C)nc(C(C)C)n2)CC1.Cl.Cl. The third kappa shape index (κ3) is 5.98. The van der Waals surface area contributed by atoms with Crippen LogP contribution in [0.3, 0.4) is 0 Å². The Bertz CT molecular complexity index is 679. The zero-order valence-corrected chi connectivity index (χ0v) is 20.5. The number of hydrogen-bond acceptors (Lipinski definition) is 5. The minimum absolute atomic E-state index is 0. The smallest absolute Gasteiger partial charge is 0.226 e. The van der Waals surface area contributed by atoms with Gasteiger partial charge in [-0.2, -0.15) is 0 Å². The lowest BCUT2D eigenvalue weighted by molar-refractivity contribution is -0.139. The Balaban J connectivity index is 0.00000225. The molecule has 3 rings (SSSR count). The van der Waals surface area contributed by atoms with Gasteiger partial charge in [0.1, 0.15) is 11.6 Å². The van der Waals surface area contributed by atoms with Gasteiger partial charge in [-0.05, 0) is 52.0 Å². The largest absolute Gasteiger partial charge is 0.356 e. The normalized spacial score (nSPS) is 21.9. The molecule has 2 N–H and O–H groups in total. The average Bonchev–Trinajstić information content (AvgIpc) is 3.17. The molecular weight excluding hydrogens is 421 g/mol. The van der Waals surface area contributed by atoms with Crippen LogP contribution in [0.1, 0.15) is 70.3 Å². The number of carbonyl (C=O) groups is 1. The van der Waals surface area contributed by atoms with Gasteiger partial charge in [0.2, 0.25) is 5.91 Å². The lowest BCUT2D eigenvalue weighted by Crippen LogP contribution is -2.50. The molecule has 1 saturated carbocycles. The van der Waals surface area contributed by atoms with E-state index in [2.05, 4.69) is 41.6 Å². The summed E-state index contributed by atoms with van der Waals surface area (Å²) in [7, 11) is 0. The standard InChI is InChI=1S/C22H37N5O.2ClH/c1-5-27(22(28)19-8-6-7-17(19)14-23)18-9-11-26(12-10-18)20-13-16(4)24-21(25-20)15(2)3;;/h13,15,17-19H,5-12,14,23H2,1-4H3;2*1H/t17-,19-;;/m1../s1. The molecule has 6 nitrogen and oxygen atoms in total. The maximum absolute atomic E-state index is 13.2. The summed E-state index contributed by atoms with van der Waals surface area (Å²) in [6.07, 6.45) is 5.25. The second-order valence-corrected chi connectivity index (χ2v) is 8.76. The molecule has 1 aliphatic heterocycles. The number of nitrogens with two attached hydrogens (primary N) is 1. The van der Waals surface area contributed by atoms with Crippen LogP contribution in [0.25, 0.3) is 0 Å². The van der Waals surface area contributed by atoms with Crippen molar-refractivity contribution in [2.24, 2.45) is 17.6 Å². The fourth-order valence-corrected chi connectivity index (χ4v) is 4.85. The van der Waals surface area contributed by atoms with Crippen LogP contribution in [0, 0.1) is 18.8 Å². The molecule has 172 valence electrons. The number of aryl methyl sites for hydroxylation is 1. The molecule has 2 aliphatic rings. The summed E-state index contributed by atoms with van der Waals surface area (Å²) in [5.41, 5.74) is 6.94. The van der Waals surface area contributed by atoms with Gasteiger partial charge in [0.25, 0.3) is 0 Å². The van der Waals surface area contributed by atoms with Crippen molar-refractivity contribution in [3.63, 3.8) is 0 Å². The first-order valence-electron chi connectivity index (χ1n) is 11.1. The second kappa shape index (κ2) is 12.1. The van der Waals surface area contributed by atoms with Crippen molar-refractivity contribution >= 4 is 36.5 Å². The van der Waals surface area contributed by atoms with E-state index >= 15 is 0 Å². The Morgan fingerprint density at radius 2 is 1.87 bits per heavy atom. The van der Waals surface area contributed by atoms with Crippen LogP contribution in [0.15, 0.2) is 6.07 Å². The summed E-state index contributed by atoms with van der Waals surface area (Å²) in [6, 6.07) is 2.42. The molecule has 0 aromatic carbocycles. The number of piperidine rings is 1. The molecule has 0 bridgehead atoms. The highest BCUT2D eigenvalue weighted by atomic mass is 35.5. The lowest BCUT2D eigenvalue weighted by Gasteiger charge is -2.40. The summed E-state index contributed by atoms with van der Waals surface area (Å²) >= 11 is 0. The van der Waals surface area contributed by atoms with Crippen molar-refractivity contribution < 1.29 is 4.79 Å². The van der Waals surface area contributed by atoms with Crippen molar-refractivity contribution in [3.05, 3.63) is 17.6 Å². The topological polar surface area (TPSA) is 75.3 Å². The van der Waals surface area contributed by atoms with Crippen LogP contribution in [-0.2, 0) is 4.79 Å². The number of amides is 1. The molecular formula is C22H39Cl2N5O. The molecule has 1 aliphatic carbocycles. The molecule has 30 heavy (non-hydrogen) atoms. The van der Waals surface area contributed by atoms with E-state index in [1.54, 1.807) is 0 Å². The maximum atomic E-state index is 13.2. The Hall–Kier alpha value is -1.11. The predicted molar refractivity (Wildman–Crippen MR) is 128 cm³/mol. The van der Waals surface area contributed by atoms with E-state index in [1.807, 2.05) is 6.92 Å². The Kier molecular flexibility index (Phi) is 10.8. The van der Waals surface area contributed by atoms with Crippen molar-refractivity contribution in [2.45, 2.75) is 71.8 Å². The van der Waals surface area contributed by atoms with E-state index in [1.165, 1.54) is 0 Å². The quantitative estimate of drug-likeness (QED) is 0.696. The van der Waals surface area contributed by atoms with Gasteiger partial charge in [0, 0.05) is 49.3 Å². The van der Waals surface area contributed by atoms with Gasteiger partial charge in [-0.15, -0.1) is 24.8 Å². The lowest BCUT2D eigenvalue weighted by atomic mass is 9.93. The Labute approximate surface area is 194 Å². The van der Waals surface area contributed by atoms with Crippen LogP contribution >= 0.6 is 24.8 Å². The maximum Gasteiger partial charge on any atom is 0.226 e. The number of carbonyl (C=O) groups excluding carboxylic acids is 1. The number of hydrogen-bond donors (Lipinski definition) is 1. The highest BCUT2D eigenvalue weighted by Gasteiger charge is 2.37. The van der Waals surface area contributed by atoms with Gasteiger partial charge >= 0.3 is 0 Å². The minimum Gasteiger partial charge on any atom is -0.356 e. The van der Waals surface area contributed by atoms with Crippen LogP contribution in [0.4, 0.5) is 5.82 Å². The first kappa shape index (κ1) is 26.9. The molecule has 8 heteroatoms. The zero-order chi connectivity index (χ0) is 20.3. The highest BCUT2D eigenvalue weighted by Crippen LogP contribution is 2.34. The van der Waals surface area contributed by atoms with Crippen LogP contribution in [0.2, 0.25) is 0 Å². The monoisotopic (exact) mass is 459 g/mol. The summed E-state index contributed by atoms with van der Waals surface area (Å²) in [5, 5.41) is 0. The summed E-state index contributed by atoms with van der Waals surface area (Å²) in [5.74, 6) is 3.13. The zero-order valence-electron chi connectivity index (χ0n) is 18.8. The fraction of sp³-hybridized carbons (Fsp3) is 0.773. The Morgan fingerprint density at radius 3 is 2.43 bits per heavy atom. The van der Waals surface area contributed by atoms with Crippen LogP contribution in [0.5, 0.6) is 0 Å². The molecule has 0 unspecified atom stereocenters. The van der Waals surface area contributed by atoms with E-state index in [0.29, 0.717) is 30.3 Å². The van der Waals surface area contributed by atoms with E-state index in [-0.39, 0.29) is 30.7 Å². The number of aromatic nitrogens is 2. The molecule has 1 aromatic rings. The van der Waals surface area contributed by atoms with Gasteiger partial charge < -0.3 is 15.5 Å². The summed E-state index contributed by atoms with van der Waals surface area (Å²) < 4.78 is 0. The fourth-order valence-electron chi connectivity index (χ4n) is 4.85. The predicted octanol–water partition coefficient (Wildman–Crippen LogP) is 3.94. The summed E-state index contributed by atoms with van der Waals surface area (Å²) in [4.78, 5) is 27.0. The van der Waals surface area contributed by atoms with Crippen molar-refractivity contribution in [1.29, 1.82) is 0 Å².